The monoisotopic (exact) mass is 210 g/mol. The van der Waals surface area contributed by atoms with Crippen molar-refractivity contribution in [3.05, 3.63) is 29.8 Å². The van der Waals surface area contributed by atoms with Crippen molar-refractivity contribution in [3.63, 3.8) is 0 Å². The minimum Gasteiger partial charge on any atom is -0.508 e. The Morgan fingerprint density at radius 2 is 2.07 bits per heavy atom. The largest absolute Gasteiger partial charge is 0.508 e. The van der Waals surface area contributed by atoms with Crippen molar-refractivity contribution in [2.24, 2.45) is 0 Å². The second-order valence-corrected chi connectivity index (χ2v) is 3.09. The number of para-hydroxylation sites is 1. The summed E-state index contributed by atoms with van der Waals surface area (Å²) in [5.41, 5.74) is 0.520. The molecule has 0 bridgehead atoms. The van der Waals surface area contributed by atoms with Gasteiger partial charge in [0.25, 0.3) is 0 Å². The predicted octanol–water partition coefficient (Wildman–Crippen LogP) is 1.30. The molecule has 0 aliphatic rings. The lowest BCUT2D eigenvalue weighted by molar-refractivity contribution is -0.143. The molecule has 0 saturated heterocycles. The summed E-state index contributed by atoms with van der Waals surface area (Å²) in [6.07, 6.45) is 0. The summed E-state index contributed by atoms with van der Waals surface area (Å²) in [6, 6.07) is 6.65. The number of carbonyl (C=O) groups excluding carboxylic acids is 1. The number of rotatable bonds is 4. The molecule has 0 aromatic heterocycles. The summed E-state index contributed by atoms with van der Waals surface area (Å²) in [5, 5.41) is 9.59. The second kappa shape index (κ2) is 5.36. The van der Waals surface area contributed by atoms with Gasteiger partial charge in [-0.05, 0) is 6.07 Å². The van der Waals surface area contributed by atoms with Gasteiger partial charge in [0.1, 0.15) is 11.7 Å². The van der Waals surface area contributed by atoms with Gasteiger partial charge in [0.2, 0.25) is 0 Å². The summed E-state index contributed by atoms with van der Waals surface area (Å²) in [5.74, 6) is -0.926. The molecule has 0 radical (unpaired) electrons. The summed E-state index contributed by atoms with van der Waals surface area (Å²) in [7, 11) is 2.81. The van der Waals surface area contributed by atoms with Gasteiger partial charge in [-0.15, -0.1) is 0 Å². The number of hydrogen-bond acceptors (Lipinski definition) is 4. The van der Waals surface area contributed by atoms with Crippen LogP contribution in [0.1, 0.15) is 11.5 Å². The van der Waals surface area contributed by atoms with E-state index < -0.39 is 11.9 Å². The lowest BCUT2D eigenvalue weighted by Crippen LogP contribution is -2.19. The Labute approximate surface area is 88.4 Å². The van der Waals surface area contributed by atoms with E-state index in [1.54, 1.807) is 18.2 Å². The van der Waals surface area contributed by atoms with Crippen LogP contribution in [0.2, 0.25) is 0 Å². The topological polar surface area (TPSA) is 55.8 Å². The molecule has 1 unspecified atom stereocenters. The molecule has 0 aliphatic heterocycles. The van der Waals surface area contributed by atoms with Gasteiger partial charge in [0, 0.05) is 12.7 Å². The zero-order valence-electron chi connectivity index (χ0n) is 8.77. The smallest absolute Gasteiger partial charge is 0.315 e. The van der Waals surface area contributed by atoms with E-state index >= 15 is 0 Å². The number of methoxy groups -OCH3 is 2. The van der Waals surface area contributed by atoms with Crippen LogP contribution < -0.4 is 0 Å². The van der Waals surface area contributed by atoms with Crippen LogP contribution in [0.3, 0.4) is 0 Å². The van der Waals surface area contributed by atoms with Crippen LogP contribution in [-0.4, -0.2) is 31.9 Å². The number of benzene rings is 1. The molecule has 0 heterocycles. The Kier molecular flexibility index (Phi) is 4.12. The maximum atomic E-state index is 11.4. The molecule has 1 aromatic rings. The van der Waals surface area contributed by atoms with E-state index in [1.807, 2.05) is 0 Å². The molecule has 82 valence electrons. The fraction of sp³-hybridized carbons (Fsp3) is 0.364. The summed E-state index contributed by atoms with van der Waals surface area (Å²) < 4.78 is 9.57. The minimum atomic E-state index is -0.582. The van der Waals surface area contributed by atoms with Gasteiger partial charge in [-0.1, -0.05) is 18.2 Å². The van der Waals surface area contributed by atoms with Crippen molar-refractivity contribution < 1.29 is 19.4 Å². The molecule has 1 N–H and O–H groups in total. The van der Waals surface area contributed by atoms with Crippen molar-refractivity contribution >= 4 is 5.97 Å². The molecule has 0 amide bonds. The van der Waals surface area contributed by atoms with Crippen LogP contribution in [0.25, 0.3) is 0 Å². The first kappa shape index (κ1) is 11.5. The second-order valence-electron chi connectivity index (χ2n) is 3.09. The lowest BCUT2D eigenvalue weighted by Gasteiger charge is -2.14. The van der Waals surface area contributed by atoms with Gasteiger partial charge in [0.05, 0.1) is 13.7 Å². The highest BCUT2D eigenvalue weighted by atomic mass is 16.5. The van der Waals surface area contributed by atoms with Crippen molar-refractivity contribution in [3.8, 4) is 5.75 Å². The fourth-order valence-corrected chi connectivity index (χ4v) is 1.38. The molecular weight excluding hydrogens is 196 g/mol. The maximum absolute atomic E-state index is 11.4. The Morgan fingerprint density at radius 3 is 2.60 bits per heavy atom. The Bertz CT molecular complexity index is 335. The molecule has 1 rings (SSSR count). The van der Waals surface area contributed by atoms with E-state index in [0.29, 0.717) is 5.56 Å². The van der Waals surface area contributed by atoms with Crippen LogP contribution in [0.5, 0.6) is 5.75 Å². The number of ether oxygens (including phenoxy) is 2. The Balaban J connectivity index is 2.98. The molecular formula is C11H14O4. The first-order valence-corrected chi connectivity index (χ1v) is 4.55. The average Bonchev–Trinajstić information content (AvgIpc) is 2.26. The number of hydrogen-bond donors (Lipinski definition) is 1. The zero-order valence-corrected chi connectivity index (χ0v) is 8.77. The quantitative estimate of drug-likeness (QED) is 0.761. The van der Waals surface area contributed by atoms with Crippen molar-refractivity contribution in [2.45, 2.75) is 5.92 Å². The highest BCUT2D eigenvalue weighted by molar-refractivity contribution is 5.79. The van der Waals surface area contributed by atoms with Crippen LogP contribution in [0.4, 0.5) is 0 Å². The molecule has 4 heteroatoms. The molecule has 1 aromatic carbocycles. The highest BCUT2D eigenvalue weighted by Crippen LogP contribution is 2.26. The first-order chi connectivity index (χ1) is 7.20. The number of aromatic hydroxyl groups is 1. The van der Waals surface area contributed by atoms with E-state index in [-0.39, 0.29) is 12.4 Å². The number of phenolic OH excluding ortho intramolecular Hbond substituents is 1. The van der Waals surface area contributed by atoms with E-state index in [1.165, 1.54) is 20.3 Å². The Hall–Kier alpha value is -1.55. The zero-order chi connectivity index (χ0) is 11.3. The predicted molar refractivity (Wildman–Crippen MR) is 54.7 cm³/mol. The molecule has 0 spiro atoms. The van der Waals surface area contributed by atoms with Crippen LogP contribution >= 0.6 is 0 Å². The molecule has 0 aliphatic carbocycles. The van der Waals surface area contributed by atoms with E-state index in [2.05, 4.69) is 4.74 Å². The minimum absolute atomic E-state index is 0.0740. The average molecular weight is 210 g/mol. The maximum Gasteiger partial charge on any atom is 0.315 e. The summed E-state index contributed by atoms with van der Waals surface area (Å²) in [4.78, 5) is 11.4. The fourth-order valence-electron chi connectivity index (χ4n) is 1.38. The van der Waals surface area contributed by atoms with Crippen LogP contribution in [0.15, 0.2) is 24.3 Å². The lowest BCUT2D eigenvalue weighted by atomic mass is 9.99. The van der Waals surface area contributed by atoms with Crippen LogP contribution in [0, 0.1) is 0 Å². The molecule has 4 nitrogen and oxygen atoms in total. The van der Waals surface area contributed by atoms with Gasteiger partial charge in [-0.25, -0.2) is 0 Å². The van der Waals surface area contributed by atoms with E-state index in [9.17, 15) is 9.90 Å². The van der Waals surface area contributed by atoms with E-state index in [4.69, 9.17) is 4.74 Å². The third kappa shape index (κ3) is 2.70. The molecule has 0 fully saturated rings. The standard InChI is InChI=1S/C11H14O4/c1-14-7-9(11(13)15-2)8-5-3-4-6-10(8)12/h3-6,9,12H,7H2,1-2H3. The van der Waals surface area contributed by atoms with Gasteiger partial charge < -0.3 is 14.6 Å². The van der Waals surface area contributed by atoms with Gasteiger partial charge in [0.15, 0.2) is 0 Å². The van der Waals surface area contributed by atoms with E-state index in [0.717, 1.165) is 0 Å². The molecule has 1 atom stereocenters. The van der Waals surface area contributed by atoms with Gasteiger partial charge in [-0.2, -0.15) is 0 Å². The third-order valence-electron chi connectivity index (χ3n) is 2.13. The molecule has 0 saturated carbocycles. The number of phenols is 1. The summed E-state index contributed by atoms with van der Waals surface area (Å²) in [6.45, 7) is 0.185. The SMILES string of the molecule is COCC(C(=O)OC)c1ccccc1O. The summed E-state index contributed by atoms with van der Waals surface area (Å²) >= 11 is 0. The highest BCUT2D eigenvalue weighted by Gasteiger charge is 2.23. The number of carbonyl (C=O) groups is 1. The first-order valence-electron chi connectivity index (χ1n) is 4.55. The van der Waals surface area contributed by atoms with Gasteiger partial charge in [-0.3, -0.25) is 4.79 Å². The molecule has 15 heavy (non-hydrogen) atoms. The van der Waals surface area contributed by atoms with Crippen LogP contribution in [-0.2, 0) is 14.3 Å². The van der Waals surface area contributed by atoms with Gasteiger partial charge >= 0.3 is 5.97 Å². The Morgan fingerprint density at radius 1 is 1.40 bits per heavy atom. The normalized spacial score (nSPS) is 12.1. The van der Waals surface area contributed by atoms with Crippen molar-refractivity contribution in [2.75, 3.05) is 20.8 Å². The number of esters is 1. The third-order valence-corrected chi connectivity index (χ3v) is 2.13. The van der Waals surface area contributed by atoms with Crippen molar-refractivity contribution in [1.82, 2.24) is 0 Å². The van der Waals surface area contributed by atoms with Crippen molar-refractivity contribution in [1.29, 1.82) is 0 Å².